The molecular weight excluding hydrogens is 345 g/mol. The molecule has 1 aromatic heterocycles. The Labute approximate surface area is 128 Å². The Kier molecular flexibility index (Phi) is 4.97. The maximum Gasteiger partial charge on any atom is 0.234 e. The number of anilines is 2. The highest BCUT2D eigenvalue weighted by Gasteiger charge is 2.09. The molecule has 0 aliphatic carbocycles. The number of amides is 1. The zero-order chi connectivity index (χ0) is 14.5. The summed E-state index contributed by atoms with van der Waals surface area (Å²) in [5, 5.41) is 3.29. The van der Waals surface area contributed by atoms with E-state index < -0.39 is 5.82 Å². The summed E-state index contributed by atoms with van der Waals surface area (Å²) in [5.41, 5.74) is 6.26. The second-order valence-corrected chi connectivity index (χ2v) is 5.68. The molecule has 104 valence electrons. The third kappa shape index (κ3) is 3.94. The standard InChI is InChI=1S/C13H11BrFN3OS/c14-9-2-1-5-17-13(9)20-7-12(19)18-11-6-8(15)3-4-10(11)16/h1-6H,7,16H2,(H,18,19). The third-order valence-electron chi connectivity index (χ3n) is 2.35. The van der Waals surface area contributed by atoms with Crippen molar-refractivity contribution in [3.05, 3.63) is 46.8 Å². The van der Waals surface area contributed by atoms with Gasteiger partial charge in [0.25, 0.3) is 0 Å². The first-order valence-electron chi connectivity index (χ1n) is 5.64. The van der Waals surface area contributed by atoms with Crippen molar-refractivity contribution in [1.82, 2.24) is 4.98 Å². The van der Waals surface area contributed by atoms with E-state index in [1.165, 1.54) is 30.0 Å². The number of rotatable bonds is 4. The van der Waals surface area contributed by atoms with Crippen LogP contribution in [-0.2, 0) is 4.79 Å². The minimum Gasteiger partial charge on any atom is -0.397 e. The minimum absolute atomic E-state index is 0.158. The Hall–Kier alpha value is -1.60. The molecule has 0 spiro atoms. The van der Waals surface area contributed by atoms with E-state index in [1.807, 2.05) is 6.07 Å². The number of halogens is 2. The van der Waals surface area contributed by atoms with Gasteiger partial charge in [0.15, 0.2) is 0 Å². The van der Waals surface area contributed by atoms with E-state index in [-0.39, 0.29) is 17.3 Å². The van der Waals surface area contributed by atoms with Gasteiger partial charge in [-0.25, -0.2) is 9.37 Å². The van der Waals surface area contributed by atoms with Crippen molar-refractivity contribution in [3.63, 3.8) is 0 Å². The maximum atomic E-state index is 13.1. The Morgan fingerprint density at radius 2 is 2.25 bits per heavy atom. The zero-order valence-corrected chi connectivity index (χ0v) is 12.7. The molecule has 3 N–H and O–H groups in total. The van der Waals surface area contributed by atoms with E-state index in [9.17, 15) is 9.18 Å². The first kappa shape index (κ1) is 14.8. The van der Waals surface area contributed by atoms with Crippen molar-refractivity contribution in [1.29, 1.82) is 0 Å². The zero-order valence-electron chi connectivity index (χ0n) is 10.3. The van der Waals surface area contributed by atoms with Crippen LogP contribution in [0.3, 0.4) is 0 Å². The number of benzene rings is 1. The van der Waals surface area contributed by atoms with Gasteiger partial charge in [-0.2, -0.15) is 0 Å². The van der Waals surface area contributed by atoms with Gasteiger partial charge in [0, 0.05) is 10.7 Å². The highest BCUT2D eigenvalue weighted by molar-refractivity contribution is 9.10. The molecule has 1 amide bonds. The van der Waals surface area contributed by atoms with Crippen LogP contribution in [0.15, 0.2) is 46.0 Å². The molecule has 0 radical (unpaired) electrons. The molecule has 2 rings (SSSR count). The predicted molar refractivity (Wildman–Crippen MR) is 82.1 cm³/mol. The lowest BCUT2D eigenvalue weighted by molar-refractivity contribution is -0.113. The molecule has 1 aromatic carbocycles. The van der Waals surface area contributed by atoms with Crippen molar-refractivity contribution >= 4 is 45.0 Å². The number of hydrogen-bond acceptors (Lipinski definition) is 4. The van der Waals surface area contributed by atoms with Crippen molar-refractivity contribution in [2.75, 3.05) is 16.8 Å². The second-order valence-electron chi connectivity index (χ2n) is 3.86. The first-order valence-corrected chi connectivity index (χ1v) is 7.42. The van der Waals surface area contributed by atoms with Crippen LogP contribution in [0.5, 0.6) is 0 Å². The lowest BCUT2D eigenvalue weighted by Crippen LogP contribution is -2.15. The average molecular weight is 356 g/mol. The lowest BCUT2D eigenvalue weighted by atomic mass is 10.2. The summed E-state index contributed by atoms with van der Waals surface area (Å²) >= 11 is 4.63. The highest BCUT2D eigenvalue weighted by atomic mass is 79.9. The van der Waals surface area contributed by atoms with Gasteiger partial charge >= 0.3 is 0 Å². The molecule has 0 bridgehead atoms. The number of carbonyl (C=O) groups is 1. The number of hydrogen-bond donors (Lipinski definition) is 2. The van der Waals surface area contributed by atoms with Crippen LogP contribution < -0.4 is 11.1 Å². The summed E-state index contributed by atoms with van der Waals surface area (Å²) in [6, 6.07) is 7.48. The maximum absolute atomic E-state index is 13.1. The van der Waals surface area contributed by atoms with Crippen LogP contribution in [0.2, 0.25) is 0 Å². The molecule has 2 aromatic rings. The van der Waals surface area contributed by atoms with Gasteiger partial charge in [-0.15, -0.1) is 0 Å². The van der Waals surface area contributed by atoms with Gasteiger partial charge in [-0.05, 0) is 46.3 Å². The number of nitrogen functional groups attached to an aromatic ring is 1. The Morgan fingerprint density at radius 3 is 3.00 bits per heavy atom. The summed E-state index contributed by atoms with van der Waals surface area (Å²) in [6.07, 6.45) is 1.65. The van der Waals surface area contributed by atoms with Crippen LogP contribution in [0, 0.1) is 5.82 Å². The van der Waals surface area contributed by atoms with E-state index in [0.717, 1.165) is 9.50 Å². The average Bonchev–Trinajstić information content (AvgIpc) is 2.42. The fourth-order valence-corrected chi connectivity index (χ4v) is 2.71. The van der Waals surface area contributed by atoms with Gasteiger partial charge in [-0.1, -0.05) is 11.8 Å². The van der Waals surface area contributed by atoms with Crippen LogP contribution in [0.4, 0.5) is 15.8 Å². The van der Waals surface area contributed by atoms with E-state index in [2.05, 4.69) is 26.2 Å². The fraction of sp³-hybridized carbons (Fsp3) is 0.0769. The monoisotopic (exact) mass is 355 g/mol. The smallest absolute Gasteiger partial charge is 0.234 e. The summed E-state index contributed by atoms with van der Waals surface area (Å²) in [4.78, 5) is 15.9. The quantitative estimate of drug-likeness (QED) is 0.652. The van der Waals surface area contributed by atoms with E-state index in [4.69, 9.17) is 5.73 Å². The predicted octanol–water partition coefficient (Wildman–Crippen LogP) is 3.30. The van der Waals surface area contributed by atoms with Crippen molar-refractivity contribution in [3.8, 4) is 0 Å². The topological polar surface area (TPSA) is 68.0 Å². The molecule has 0 aliphatic heterocycles. The molecule has 7 heteroatoms. The van der Waals surface area contributed by atoms with Gasteiger partial charge < -0.3 is 11.1 Å². The van der Waals surface area contributed by atoms with Crippen molar-refractivity contribution in [2.45, 2.75) is 5.03 Å². The number of nitrogens with two attached hydrogens (primary N) is 1. The van der Waals surface area contributed by atoms with E-state index in [0.29, 0.717) is 5.69 Å². The SMILES string of the molecule is Nc1ccc(F)cc1NC(=O)CSc1ncccc1Br. The first-order chi connectivity index (χ1) is 9.56. The van der Waals surface area contributed by atoms with Gasteiger partial charge in [0.2, 0.25) is 5.91 Å². The summed E-state index contributed by atoms with van der Waals surface area (Å²) in [6.45, 7) is 0. The number of thioether (sulfide) groups is 1. The summed E-state index contributed by atoms with van der Waals surface area (Å²) in [7, 11) is 0. The number of carbonyl (C=O) groups excluding carboxylic acids is 1. The molecule has 20 heavy (non-hydrogen) atoms. The molecule has 0 atom stereocenters. The van der Waals surface area contributed by atoms with Crippen LogP contribution in [-0.4, -0.2) is 16.6 Å². The Bertz CT molecular complexity index is 639. The van der Waals surface area contributed by atoms with E-state index >= 15 is 0 Å². The van der Waals surface area contributed by atoms with Crippen LogP contribution >= 0.6 is 27.7 Å². The number of nitrogens with zero attached hydrogens (tertiary/aromatic N) is 1. The molecule has 0 saturated heterocycles. The van der Waals surface area contributed by atoms with Crippen molar-refractivity contribution in [2.24, 2.45) is 0 Å². The van der Waals surface area contributed by atoms with E-state index in [1.54, 1.807) is 12.3 Å². The molecule has 0 saturated carbocycles. The largest absolute Gasteiger partial charge is 0.397 e. The van der Waals surface area contributed by atoms with Gasteiger partial charge in [0.05, 0.1) is 17.1 Å². The highest BCUT2D eigenvalue weighted by Crippen LogP contribution is 2.25. The molecule has 0 unspecified atom stereocenters. The second kappa shape index (κ2) is 6.71. The molecule has 4 nitrogen and oxygen atoms in total. The summed E-state index contributed by atoms with van der Waals surface area (Å²) < 4.78 is 13.9. The molecule has 0 fully saturated rings. The summed E-state index contributed by atoms with van der Waals surface area (Å²) in [5.74, 6) is -0.564. The van der Waals surface area contributed by atoms with Crippen LogP contribution in [0.1, 0.15) is 0 Å². The van der Waals surface area contributed by atoms with Gasteiger partial charge in [0.1, 0.15) is 10.8 Å². The Balaban J connectivity index is 1.96. The van der Waals surface area contributed by atoms with Gasteiger partial charge in [-0.3, -0.25) is 4.79 Å². The number of pyridine rings is 1. The minimum atomic E-state index is -0.449. The lowest BCUT2D eigenvalue weighted by Gasteiger charge is -2.08. The van der Waals surface area contributed by atoms with Crippen molar-refractivity contribution < 1.29 is 9.18 Å². The normalized spacial score (nSPS) is 10.3. The molecular formula is C13H11BrFN3OS. The number of nitrogens with one attached hydrogen (secondary N) is 1. The number of aromatic nitrogens is 1. The fourth-order valence-electron chi connectivity index (χ4n) is 1.43. The molecule has 1 heterocycles. The third-order valence-corrected chi connectivity index (χ3v) is 4.26. The molecule has 0 aliphatic rings. The Morgan fingerprint density at radius 1 is 1.45 bits per heavy atom. The van der Waals surface area contributed by atoms with Crippen LogP contribution in [0.25, 0.3) is 0 Å².